The molecule has 0 spiro atoms. The van der Waals surface area contributed by atoms with Crippen molar-refractivity contribution in [2.24, 2.45) is 11.8 Å². The van der Waals surface area contributed by atoms with Crippen LogP contribution in [0.25, 0.3) is 0 Å². The van der Waals surface area contributed by atoms with Crippen LogP contribution in [0.5, 0.6) is 0 Å². The summed E-state index contributed by atoms with van der Waals surface area (Å²) in [6.07, 6.45) is 13.7. The van der Waals surface area contributed by atoms with Crippen molar-refractivity contribution in [3.63, 3.8) is 0 Å². The second kappa shape index (κ2) is 5.67. The Balaban J connectivity index is 1.73. The van der Waals surface area contributed by atoms with Crippen LogP contribution in [0.2, 0.25) is 0 Å². The third-order valence-corrected chi connectivity index (χ3v) is 3.94. The van der Waals surface area contributed by atoms with E-state index in [0.717, 1.165) is 12.5 Å². The van der Waals surface area contributed by atoms with Crippen LogP contribution in [-0.4, -0.2) is 12.7 Å². The largest absolute Gasteiger partial charge is 0.377 e. The minimum absolute atomic E-state index is 0.469. The maximum Gasteiger partial charge on any atom is 0.0638 e. The molecular formula is C15H24O. The van der Waals surface area contributed by atoms with Gasteiger partial charge in [-0.3, -0.25) is 0 Å². The lowest BCUT2D eigenvalue weighted by atomic mass is 9.90. The van der Waals surface area contributed by atoms with Crippen molar-refractivity contribution in [3.8, 4) is 0 Å². The summed E-state index contributed by atoms with van der Waals surface area (Å²) in [5.74, 6) is 1.37. The zero-order valence-corrected chi connectivity index (χ0v) is 10.6. The van der Waals surface area contributed by atoms with E-state index in [0.29, 0.717) is 12.0 Å². The Labute approximate surface area is 99.6 Å². The van der Waals surface area contributed by atoms with Crippen molar-refractivity contribution in [1.29, 1.82) is 0 Å². The Morgan fingerprint density at radius 3 is 2.94 bits per heavy atom. The monoisotopic (exact) mass is 220 g/mol. The Hall–Kier alpha value is -0.560. The lowest BCUT2D eigenvalue weighted by Gasteiger charge is -2.28. The van der Waals surface area contributed by atoms with E-state index in [1.165, 1.54) is 32.1 Å². The van der Waals surface area contributed by atoms with Crippen LogP contribution < -0.4 is 0 Å². The summed E-state index contributed by atoms with van der Waals surface area (Å²) in [5.41, 5.74) is 1.56. The van der Waals surface area contributed by atoms with Gasteiger partial charge >= 0.3 is 0 Å². The van der Waals surface area contributed by atoms with Crippen molar-refractivity contribution in [1.82, 2.24) is 0 Å². The fraction of sp³-hybridized carbons (Fsp3) is 0.733. The third kappa shape index (κ3) is 3.21. The Morgan fingerprint density at radius 1 is 1.38 bits per heavy atom. The van der Waals surface area contributed by atoms with Crippen LogP contribution in [0.3, 0.4) is 0 Å². The van der Waals surface area contributed by atoms with Gasteiger partial charge in [0, 0.05) is 5.92 Å². The average Bonchev–Trinajstić information content (AvgIpc) is 2.30. The van der Waals surface area contributed by atoms with E-state index in [-0.39, 0.29) is 0 Å². The van der Waals surface area contributed by atoms with Crippen molar-refractivity contribution in [2.75, 3.05) is 6.61 Å². The molecule has 2 rings (SSSR count). The lowest BCUT2D eigenvalue weighted by Crippen LogP contribution is -2.26. The van der Waals surface area contributed by atoms with Crippen molar-refractivity contribution < 1.29 is 4.74 Å². The van der Waals surface area contributed by atoms with E-state index in [4.69, 9.17) is 4.74 Å². The maximum atomic E-state index is 6.09. The summed E-state index contributed by atoms with van der Waals surface area (Å²) >= 11 is 0. The zero-order valence-electron chi connectivity index (χ0n) is 10.6. The first kappa shape index (κ1) is 11.9. The first-order valence-corrected chi connectivity index (χ1v) is 6.69. The van der Waals surface area contributed by atoms with Crippen molar-refractivity contribution in [3.05, 3.63) is 23.8 Å². The smallest absolute Gasteiger partial charge is 0.0638 e. The molecule has 0 saturated heterocycles. The van der Waals surface area contributed by atoms with Gasteiger partial charge < -0.3 is 4.74 Å². The summed E-state index contributed by atoms with van der Waals surface area (Å²) < 4.78 is 6.09. The van der Waals surface area contributed by atoms with Gasteiger partial charge in [-0.25, -0.2) is 0 Å². The molecule has 2 aliphatic carbocycles. The van der Waals surface area contributed by atoms with Crippen LogP contribution in [0.1, 0.15) is 46.0 Å². The van der Waals surface area contributed by atoms with Crippen molar-refractivity contribution in [2.45, 2.75) is 52.1 Å². The fourth-order valence-electron chi connectivity index (χ4n) is 2.62. The molecule has 0 heterocycles. The number of hydrogen-bond acceptors (Lipinski definition) is 1. The summed E-state index contributed by atoms with van der Waals surface area (Å²) in [6.45, 7) is 5.48. The Bertz CT molecular complexity index is 277. The lowest BCUT2D eigenvalue weighted by molar-refractivity contribution is -0.000270. The topological polar surface area (TPSA) is 9.23 Å². The molecule has 3 atom stereocenters. The van der Waals surface area contributed by atoms with Gasteiger partial charge in [-0.1, -0.05) is 30.7 Å². The second-order valence-corrected chi connectivity index (χ2v) is 5.43. The normalized spacial score (nSPS) is 34.9. The Kier molecular flexibility index (Phi) is 4.22. The molecule has 0 saturated carbocycles. The molecule has 2 aliphatic rings. The van der Waals surface area contributed by atoms with Gasteiger partial charge in [0.15, 0.2) is 0 Å². The number of ether oxygens (including phenoxy) is 1. The summed E-state index contributed by atoms with van der Waals surface area (Å²) in [7, 11) is 0. The molecule has 0 N–H and O–H groups in total. The first-order chi connectivity index (χ1) is 7.75. The molecule has 16 heavy (non-hydrogen) atoms. The summed E-state index contributed by atoms with van der Waals surface area (Å²) in [4.78, 5) is 0. The first-order valence-electron chi connectivity index (χ1n) is 6.69. The highest BCUT2D eigenvalue weighted by atomic mass is 16.5. The highest BCUT2D eigenvalue weighted by Gasteiger charge is 2.20. The van der Waals surface area contributed by atoms with Gasteiger partial charge in [0.25, 0.3) is 0 Å². The molecule has 0 aromatic rings. The number of hydrogen-bond donors (Lipinski definition) is 0. The van der Waals surface area contributed by atoms with Crippen LogP contribution in [0.4, 0.5) is 0 Å². The quantitative estimate of drug-likeness (QED) is 0.650. The molecule has 1 heteroatoms. The van der Waals surface area contributed by atoms with Gasteiger partial charge in [0.2, 0.25) is 0 Å². The molecule has 90 valence electrons. The van der Waals surface area contributed by atoms with Crippen LogP contribution in [0, 0.1) is 11.8 Å². The van der Waals surface area contributed by atoms with Crippen LogP contribution >= 0.6 is 0 Å². The van der Waals surface area contributed by atoms with Gasteiger partial charge in [-0.05, 0) is 44.9 Å². The molecule has 0 aromatic carbocycles. The number of allylic oxidation sites excluding steroid dienone is 3. The molecule has 0 bridgehead atoms. The van der Waals surface area contributed by atoms with E-state index >= 15 is 0 Å². The standard InChI is InChI=1S/C15H24O/c1-12-7-9-14(10-8-12)11-16-15-6-4-3-5-13(15)2/h3,5,7,13-15H,4,6,8-11H2,1-2H3. The van der Waals surface area contributed by atoms with E-state index in [9.17, 15) is 0 Å². The highest BCUT2D eigenvalue weighted by molar-refractivity contribution is 5.03. The maximum absolute atomic E-state index is 6.09. The predicted molar refractivity (Wildman–Crippen MR) is 68.4 cm³/mol. The minimum atomic E-state index is 0.469. The van der Waals surface area contributed by atoms with Gasteiger partial charge in [-0.15, -0.1) is 0 Å². The molecule has 0 fully saturated rings. The molecule has 3 unspecified atom stereocenters. The summed E-state index contributed by atoms with van der Waals surface area (Å²) in [5, 5.41) is 0. The molecular weight excluding hydrogens is 196 g/mol. The number of rotatable bonds is 3. The van der Waals surface area contributed by atoms with Gasteiger partial charge in [-0.2, -0.15) is 0 Å². The summed E-state index contributed by atoms with van der Waals surface area (Å²) in [6, 6.07) is 0. The zero-order chi connectivity index (χ0) is 11.4. The fourth-order valence-corrected chi connectivity index (χ4v) is 2.62. The Morgan fingerprint density at radius 2 is 2.25 bits per heavy atom. The van der Waals surface area contributed by atoms with E-state index in [2.05, 4.69) is 32.1 Å². The van der Waals surface area contributed by atoms with Gasteiger partial charge in [0.05, 0.1) is 12.7 Å². The molecule has 1 nitrogen and oxygen atoms in total. The van der Waals surface area contributed by atoms with E-state index in [1.54, 1.807) is 5.57 Å². The predicted octanol–water partition coefficient (Wildman–Crippen LogP) is 4.10. The van der Waals surface area contributed by atoms with Crippen LogP contribution in [0.15, 0.2) is 23.8 Å². The highest BCUT2D eigenvalue weighted by Crippen LogP contribution is 2.26. The molecule has 0 amide bonds. The van der Waals surface area contributed by atoms with E-state index in [1.807, 2.05) is 0 Å². The molecule has 0 aromatic heterocycles. The average molecular weight is 220 g/mol. The SMILES string of the molecule is CC1=CCC(COC2CCC=CC2C)CC1. The molecule has 0 aliphatic heterocycles. The third-order valence-electron chi connectivity index (χ3n) is 3.94. The van der Waals surface area contributed by atoms with Gasteiger partial charge in [0.1, 0.15) is 0 Å². The van der Waals surface area contributed by atoms with Crippen molar-refractivity contribution >= 4 is 0 Å². The van der Waals surface area contributed by atoms with Crippen LogP contribution in [-0.2, 0) is 4.74 Å². The second-order valence-electron chi connectivity index (χ2n) is 5.43. The van der Waals surface area contributed by atoms with E-state index < -0.39 is 0 Å². The molecule has 0 radical (unpaired) electrons. The minimum Gasteiger partial charge on any atom is -0.377 e.